The van der Waals surface area contributed by atoms with Gasteiger partial charge in [0.15, 0.2) is 0 Å². The summed E-state index contributed by atoms with van der Waals surface area (Å²) in [4.78, 5) is 42.7. The molecule has 8 nitrogen and oxygen atoms in total. The zero-order chi connectivity index (χ0) is 18.7. The third-order valence-electron chi connectivity index (χ3n) is 4.37. The number of aromatic amines is 1. The molecule has 0 unspecified atom stereocenters. The van der Waals surface area contributed by atoms with Gasteiger partial charge in [-0.05, 0) is 19.1 Å². The van der Waals surface area contributed by atoms with Gasteiger partial charge in [0.05, 0.1) is 6.10 Å². The summed E-state index contributed by atoms with van der Waals surface area (Å²) in [6.45, 7) is 2.88. The zero-order valence-electron chi connectivity index (χ0n) is 14.6. The molecule has 1 aromatic carbocycles. The van der Waals surface area contributed by atoms with Gasteiger partial charge >= 0.3 is 11.8 Å². The first-order valence-corrected chi connectivity index (χ1v) is 8.58. The molecular formula is C18H22N4O4. The normalized spacial score (nSPS) is 15.8. The summed E-state index contributed by atoms with van der Waals surface area (Å²) in [6.07, 6.45) is -0.711. The second-order valence-corrected chi connectivity index (χ2v) is 6.41. The third kappa shape index (κ3) is 3.85. The Balaban J connectivity index is 1.56. The van der Waals surface area contributed by atoms with Crippen molar-refractivity contribution >= 4 is 28.6 Å². The van der Waals surface area contributed by atoms with Crippen LogP contribution in [0.25, 0.3) is 10.9 Å². The number of hydrogen-bond acceptors (Lipinski definition) is 4. The monoisotopic (exact) mass is 358 g/mol. The molecule has 0 aliphatic carbocycles. The Morgan fingerprint density at radius 3 is 2.46 bits per heavy atom. The number of piperazine rings is 1. The molecule has 1 saturated heterocycles. The van der Waals surface area contributed by atoms with Gasteiger partial charge in [0.1, 0.15) is 5.69 Å². The van der Waals surface area contributed by atoms with Gasteiger partial charge in [0, 0.05) is 43.6 Å². The predicted octanol–water partition coefficient (Wildman–Crippen LogP) is -0.0507. The summed E-state index contributed by atoms with van der Waals surface area (Å²) in [7, 11) is 0. The Labute approximate surface area is 150 Å². The van der Waals surface area contributed by atoms with Crippen LogP contribution in [0.1, 0.15) is 17.4 Å². The lowest BCUT2D eigenvalue weighted by atomic mass is 10.2. The van der Waals surface area contributed by atoms with Crippen LogP contribution in [0.4, 0.5) is 0 Å². The van der Waals surface area contributed by atoms with Gasteiger partial charge in [-0.15, -0.1) is 0 Å². The Morgan fingerprint density at radius 2 is 1.81 bits per heavy atom. The summed E-state index contributed by atoms with van der Waals surface area (Å²) >= 11 is 0. The average molecular weight is 358 g/mol. The second kappa shape index (κ2) is 7.57. The number of H-pyrrole nitrogens is 1. The first-order valence-electron chi connectivity index (χ1n) is 8.58. The number of carbonyl (C=O) groups is 3. The van der Waals surface area contributed by atoms with Crippen LogP contribution in [-0.2, 0) is 9.59 Å². The molecule has 1 aliphatic rings. The van der Waals surface area contributed by atoms with Gasteiger partial charge in [-0.1, -0.05) is 18.2 Å². The highest BCUT2D eigenvalue weighted by Crippen LogP contribution is 2.16. The lowest BCUT2D eigenvalue weighted by Gasteiger charge is -2.34. The van der Waals surface area contributed by atoms with E-state index in [0.717, 1.165) is 10.9 Å². The van der Waals surface area contributed by atoms with Gasteiger partial charge < -0.3 is 25.2 Å². The lowest BCUT2D eigenvalue weighted by Crippen LogP contribution is -2.54. The molecule has 3 N–H and O–H groups in total. The van der Waals surface area contributed by atoms with Gasteiger partial charge in [-0.2, -0.15) is 0 Å². The molecule has 3 rings (SSSR count). The topological polar surface area (TPSA) is 106 Å². The smallest absolute Gasteiger partial charge is 0.312 e. The molecule has 138 valence electrons. The summed E-state index contributed by atoms with van der Waals surface area (Å²) in [5.41, 5.74) is 1.42. The first-order chi connectivity index (χ1) is 12.5. The molecular weight excluding hydrogens is 336 g/mol. The van der Waals surface area contributed by atoms with E-state index in [4.69, 9.17) is 5.11 Å². The highest BCUT2D eigenvalue weighted by Gasteiger charge is 2.28. The number of nitrogens with zero attached hydrogens (tertiary/aromatic N) is 2. The van der Waals surface area contributed by atoms with E-state index in [1.807, 2.05) is 30.3 Å². The molecule has 0 spiro atoms. The number of carbonyl (C=O) groups excluding carboxylic acids is 3. The van der Waals surface area contributed by atoms with Crippen molar-refractivity contribution < 1.29 is 19.5 Å². The van der Waals surface area contributed by atoms with Gasteiger partial charge in [-0.3, -0.25) is 14.4 Å². The SMILES string of the molecule is C[C@@H](O)CNC(=O)C(=O)N1CCN(C(=O)c2cc3ccccc3[nH]2)CC1. The number of para-hydroxylation sites is 1. The molecule has 26 heavy (non-hydrogen) atoms. The van der Waals surface area contributed by atoms with Gasteiger partial charge in [0.2, 0.25) is 0 Å². The van der Waals surface area contributed by atoms with Gasteiger partial charge in [-0.25, -0.2) is 0 Å². The molecule has 8 heteroatoms. The number of fused-ring (bicyclic) bond motifs is 1. The van der Waals surface area contributed by atoms with E-state index in [-0.39, 0.29) is 12.5 Å². The molecule has 0 radical (unpaired) electrons. The van der Waals surface area contributed by atoms with Crippen LogP contribution in [0.3, 0.4) is 0 Å². The van der Waals surface area contributed by atoms with Gasteiger partial charge in [0.25, 0.3) is 5.91 Å². The lowest BCUT2D eigenvalue weighted by molar-refractivity contribution is -0.146. The van der Waals surface area contributed by atoms with Crippen molar-refractivity contribution in [1.29, 1.82) is 0 Å². The number of aliphatic hydroxyl groups excluding tert-OH is 1. The number of amides is 3. The van der Waals surface area contributed by atoms with Crippen molar-refractivity contribution in [3.8, 4) is 0 Å². The fourth-order valence-corrected chi connectivity index (χ4v) is 2.93. The maximum absolute atomic E-state index is 12.6. The largest absolute Gasteiger partial charge is 0.392 e. The summed E-state index contributed by atoms with van der Waals surface area (Å²) < 4.78 is 0. The first kappa shape index (κ1) is 17.9. The minimum Gasteiger partial charge on any atom is -0.392 e. The van der Waals surface area contributed by atoms with Crippen LogP contribution in [0, 0.1) is 0 Å². The van der Waals surface area contributed by atoms with E-state index in [2.05, 4.69) is 10.3 Å². The van der Waals surface area contributed by atoms with Crippen LogP contribution in [0.15, 0.2) is 30.3 Å². The molecule has 1 aliphatic heterocycles. The zero-order valence-corrected chi connectivity index (χ0v) is 14.6. The number of aromatic nitrogens is 1. The summed E-state index contributed by atoms with van der Waals surface area (Å²) in [5.74, 6) is -1.49. The van der Waals surface area contributed by atoms with Crippen molar-refractivity contribution in [3.05, 3.63) is 36.0 Å². The average Bonchev–Trinajstić information content (AvgIpc) is 3.09. The number of hydrogen-bond donors (Lipinski definition) is 3. The summed E-state index contributed by atoms with van der Waals surface area (Å²) in [6, 6.07) is 9.48. The molecule has 0 bridgehead atoms. The van der Waals surface area contributed by atoms with E-state index < -0.39 is 17.9 Å². The molecule has 1 atom stereocenters. The van der Waals surface area contributed by atoms with Crippen LogP contribution in [0.2, 0.25) is 0 Å². The maximum Gasteiger partial charge on any atom is 0.312 e. The van der Waals surface area contributed by atoms with Crippen molar-refractivity contribution in [2.75, 3.05) is 32.7 Å². The number of rotatable bonds is 3. The fourth-order valence-electron chi connectivity index (χ4n) is 2.93. The van der Waals surface area contributed by atoms with E-state index in [9.17, 15) is 14.4 Å². The molecule has 2 heterocycles. The third-order valence-corrected chi connectivity index (χ3v) is 4.37. The Kier molecular flexibility index (Phi) is 5.22. The molecule has 1 aromatic heterocycles. The van der Waals surface area contributed by atoms with E-state index in [0.29, 0.717) is 31.9 Å². The van der Waals surface area contributed by atoms with Crippen LogP contribution < -0.4 is 5.32 Å². The van der Waals surface area contributed by atoms with Crippen LogP contribution in [-0.4, -0.2) is 76.4 Å². The van der Waals surface area contributed by atoms with Crippen molar-refractivity contribution in [2.45, 2.75) is 13.0 Å². The van der Waals surface area contributed by atoms with Crippen LogP contribution >= 0.6 is 0 Å². The number of benzene rings is 1. The van der Waals surface area contributed by atoms with Crippen molar-refractivity contribution in [2.24, 2.45) is 0 Å². The second-order valence-electron chi connectivity index (χ2n) is 6.41. The Morgan fingerprint density at radius 1 is 1.15 bits per heavy atom. The highest BCUT2D eigenvalue weighted by molar-refractivity contribution is 6.35. The molecule has 2 aromatic rings. The van der Waals surface area contributed by atoms with Crippen LogP contribution in [0.5, 0.6) is 0 Å². The molecule has 0 saturated carbocycles. The van der Waals surface area contributed by atoms with Crippen molar-refractivity contribution in [1.82, 2.24) is 20.1 Å². The van der Waals surface area contributed by atoms with Crippen molar-refractivity contribution in [3.63, 3.8) is 0 Å². The quantitative estimate of drug-likeness (QED) is 0.669. The highest BCUT2D eigenvalue weighted by atomic mass is 16.3. The maximum atomic E-state index is 12.6. The summed E-state index contributed by atoms with van der Waals surface area (Å²) in [5, 5.41) is 12.5. The Hall–Kier alpha value is -2.87. The minimum absolute atomic E-state index is 0.0312. The molecule has 1 fully saturated rings. The standard InChI is InChI=1S/C18H22N4O4/c1-12(23)11-19-16(24)18(26)22-8-6-21(7-9-22)17(25)15-10-13-4-2-3-5-14(13)20-15/h2-5,10,12,20,23H,6-9,11H2,1H3,(H,19,24)/t12-/m1/s1. The predicted molar refractivity (Wildman–Crippen MR) is 95.5 cm³/mol. The fraction of sp³-hybridized carbons (Fsp3) is 0.389. The number of aliphatic hydroxyl groups is 1. The molecule has 3 amide bonds. The minimum atomic E-state index is -0.735. The van der Waals surface area contributed by atoms with E-state index in [1.54, 1.807) is 4.90 Å². The van der Waals surface area contributed by atoms with E-state index in [1.165, 1.54) is 11.8 Å². The Bertz CT molecular complexity index is 788. The number of nitrogens with one attached hydrogen (secondary N) is 2. The van der Waals surface area contributed by atoms with E-state index >= 15 is 0 Å².